The van der Waals surface area contributed by atoms with Gasteiger partial charge in [0.1, 0.15) is 5.82 Å². The molecule has 0 N–H and O–H groups in total. The smallest absolute Gasteiger partial charge is 0.191 e. The van der Waals surface area contributed by atoms with Crippen LogP contribution in [0.25, 0.3) is 0 Å². The first-order valence-electron chi connectivity index (χ1n) is 8.51. The molecule has 4 nitrogen and oxygen atoms in total. The monoisotopic (exact) mass is 327 g/mol. The highest BCUT2D eigenvalue weighted by Crippen LogP contribution is 2.25. The highest BCUT2D eigenvalue weighted by Gasteiger charge is 2.18. The minimum Gasteiger partial charge on any atom is -0.306 e. The molecule has 0 bridgehead atoms. The van der Waals surface area contributed by atoms with Crippen LogP contribution in [0, 0.1) is 0 Å². The molecule has 2 heterocycles. The fourth-order valence-electron chi connectivity index (χ4n) is 3.52. The van der Waals surface area contributed by atoms with Crippen molar-refractivity contribution in [3.05, 3.63) is 40.7 Å². The van der Waals surface area contributed by atoms with E-state index in [0.29, 0.717) is 5.75 Å². The molecule has 0 fully saturated rings. The standard InChI is InChI=1S/C18H21N3OS/c22-16(15-9-8-13-5-4-6-14(13)11-15)12-23-18-20-19-17-7-2-1-3-10-21(17)18/h8-9,11H,1-7,10,12H2. The second-order valence-electron chi connectivity index (χ2n) is 6.41. The van der Waals surface area contributed by atoms with Crippen molar-refractivity contribution in [2.75, 3.05) is 5.75 Å². The van der Waals surface area contributed by atoms with Crippen LogP contribution in [0.5, 0.6) is 0 Å². The molecule has 1 aliphatic carbocycles. The summed E-state index contributed by atoms with van der Waals surface area (Å²) in [6.45, 7) is 0.984. The second-order valence-corrected chi connectivity index (χ2v) is 7.35. The normalized spacial score (nSPS) is 16.7. The zero-order chi connectivity index (χ0) is 15.6. The Morgan fingerprint density at radius 3 is 2.91 bits per heavy atom. The molecule has 1 aromatic carbocycles. The van der Waals surface area contributed by atoms with E-state index in [2.05, 4.69) is 26.9 Å². The number of Topliss-reactive ketones (excluding diaryl/α,β-unsaturated/α-hetero) is 1. The van der Waals surface area contributed by atoms with Gasteiger partial charge in [-0.2, -0.15) is 0 Å². The minimum absolute atomic E-state index is 0.190. The average Bonchev–Trinajstić information content (AvgIpc) is 3.12. The molecular weight excluding hydrogens is 306 g/mol. The average molecular weight is 327 g/mol. The number of aryl methyl sites for hydroxylation is 3. The SMILES string of the molecule is O=C(CSc1nnc2n1CCCCC2)c1ccc2c(c1)CCC2. The number of thioether (sulfide) groups is 1. The van der Waals surface area contributed by atoms with E-state index in [1.165, 1.54) is 48.6 Å². The van der Waals surface area contributed by atoms with Gasteiger partial charge < -0.3 is 4.57 Å². The molecule has 0 spiro atoms. The summed E-state index contributed by atoms with van der Waals surface area (Å²) in [5, 5.41) is 9.48. The van der Waals surface area contributed by atoms with Crippen molar-refractivity contribution in [3.8, 4) is 0 Å². The van der Waals surface area contributed by atoms with Crippen LogP contribution in [0.3, 0.4) is 0 Å². The molecule has 0 saturated carbocycles. The molecule has 1 aliphatic heterocycles. The molecule has 5 heteroatoms. The number of fused-ring (bicyclic) bond motifs is 2. The van der Waals surface area contributed by atoms with E-state index in [1.54, 1.807) is 0 Å². The predicted molar refractivity (Wildman–Crippen MR) is 91.1 cm³/mol. The van der Waals surface area contributed by atoms with Gasteiger partial charge in [-0.15, -0.1) is 10.2 Å². The molecule has 0 unspecified atom stereocenters. The second kappa shape index (κ2) is 6.48. The molecule has 0 amide bonds. The Balaban J connectivity index is 1.45. The zero-order valence-electron chi connectivity index (χ0n) is 13.3. The lowest BCUT2D eigenvalue weighted by Crippen LogP contribution is -2.06. The van der Waals surface area contributed by atoms with E-state index < -0.39 is 0 Å². The Morgan fingerprint density at radius 1 is 1.04 bits per heavy atom. The third-order valence-electron chi connectivity index (χ3n) is 4.83. The number of hydrogen-bond acceptors (Lipinski definition) is 4. The Labute approximate surface area is 140 Å². The quantitative estimate of drug-likeness (QED) is 0.637. The molecule has 4 rings (SSSR count). The number of rotatable bonds is 4. The number of ketones is 1. The molecular formula is C18H21N3OS. The summed E-state index contributed by atoms with van der Waals surface area (Å²) >= 11 is 1.53. The Bertz CT molecular complexity index is 738. The first kappa shape index (κ1) is 14.9. The van der Waals surface area contributed by atoms with Crippen molar-refractivity contribution in [1.29, 1.82) is 0 Å². The lowest BCUT2D eigenvalue weighted by Gasteiger charge is -2.07. The number of nitrogens with zero attached hydrogens (tertiary/aromatic N) is 3. The van der Waals surface area contributed by atoms with Gasteiger partial charge >= 0.3 is 0 Å². The molecule has 1 aromatic heterocycles. The summed E-state index contributed by atoms with van der Waals surface area (Å²) in [6.07, 6.45) is 8.11. The van der Waals surface area contributed by atoms with Crippen molar-refractivity contribution in [3.63, 3.8) is 0 Å². The molecule has 2 aromatic rings. The topological polar surface area (TPSA) is 47.8 Å². The number of hydrogen-bond donors (Lipinski definition) is 0. The highest BCUT2D eigenvalue weighted by atomic mass is 32.2. The van der Waals surface area contributed by atoms with E-state index in [0.717, 1.165) is 42.4 Å². The molecule has 120 valence electrons. The van der Waals surface area contributed by atoms with Crippen molar-refractivity contribution in [2.24, 2.45) is 0 Å². The van der Waals surface area contributed by atoms with Crippen LogP contribution in [0.2, 0.25) is 0 Å². The van der Waals surface area contributed by atoms with Crippen molar-refractivity contribution < 1.29 is 4.79 Å². The van der Waals surface area contributed by atoms with Gasteiger partial charge in [-0.3, -0.25) is 4.79 Å². The van der Waals surface area contributed by atoms with Crippen molar-refractivity contribution >= 4 is 17.5 Å². The summed E-state index contributed by atoms with van der Waals surface area (Å²) < 4.78 is 2.20. The molecule has 23 heavy (non-hydrogen) atoms. The minimum atomic E-state index is 0.190. The largest absolute Gasteiger partial charge is 0.306 e. The van der Waals surface area contributed by atoms with Gasteiger partial charge in [0.05, 0.1) is 5.75 Å². The van der Waals surface area contributed by atoms with Crippen LogP contribution in [0.4, 0.5) is 0 Å². The Kier molecular flexibility index (Phi) is 4.21. The van der Waals surface area contributed by atoms with E-state index in [1.807, 2.05) is 6.07 Å². The van der Waals surface area contributed by atoms with Gasteiger partial charge in [0.2, 0.25) is 0 Å². The predicted octanol–water partition coefficient (Wildman–Crippen LogP) is 3.47. The van der Waals surface area contributed by atoms with Gasteiger partial charge in [0.15, 0.2) is 10.9 Å². The van der Waals surface area contributed by atoms with Crippen LogP contribution in [0.1, 0.15) is 53.0 Å². The first-order valence-corrected chi connectivity index (χ1v) is 9.50. The lowest BCUT2D eigenvalue weighted by molar-refractivity contribution is 0.102. The third-order valence-corrected chi connectivity index (χ3v) is 5.80. The van der Waals surface area contributed by atoms with Gasteiger partial charge in [-0.25, -0.2) is 0 Å². The lowest BCUT2D eigenvalue weighted by atomic mass is 10.0. The van der Waals surface area contributed by atoms with Gasteiger partial charge in [-0.1, -0.05) is 30.3 Å². The maximum absolute atomic E-state index is 12.5. The van der Waals surface area contributed by atoms with Crippen LogP contribution >= 0.6 is 11.8 Å². The van der Waals surface area contributed by atoms with Gasteiger partial charge in [0, 0.05) is 18.5 Å². The summed E-state index contributed by atoms with van der Waals surface area (Å²) in [7, 11) is 0. The summed E-state index contributed by atoms with van der Waals surface area (Å²) in [5.41, 5.74) is 3.61. The molecule has 2 aliphatic rings. The maximum Gasteiger partial charge on any atom is 0.191 e. The van der Waals surface area contributed by atoms with Crippen molar-refractivity contribution in [2.45, 2.75) is 56.6 Å². The number of carbonyl (C=O) groups excluding carboxylic acids is 1. The first-order chi connectivity index (χ1) is 11.3. The van der Waals surface area contributed by atoms with Crippen LogP contribution in [-0.2, 0) is 25.8 Å². The maximum atomic E-state index is 12.5. The molecule has 0 atom stereocenters. The number of carbonyl (C=O) groups is 1. The highest BCUT2D eigenvalue weighted by molar-refractivity contribution is 7.99. The van der Waals surface area contributed by atoms with E-state index >= 15 is 0 Å². The molecule has 0 radical (unpaired) electrons. The van der Waals surface area contributed by atoms with E-state index in [-0.39, 0.29) is 5.78 Å². The zero-order valence-corrected chi connectivity index (χ0v) is 14.1. The number of benzene rings is 1. The summed E-state index contributed by atoms with van der Waals surface area (Å²) in [6, 6.07) is 6.20. The number of aromatic nitrogens is 3. The van der Waals surface area contributed by atoms with E-state index in [9.17, 15) is 4.79 Å². The fourth-order valence-corrected chi connectivity index (χ4v) is 4.40. The van der Waals surface area contributed by atoms with Crippen molar-refractivity contribution in [1.82, 2.24) is 14.8 Å². The summed E-state index contributed by atoms with van der Waals surface area (Å²) in [4.78, 5) is 12.5. The Hall–Kier alpha value is -1.62. The van der Waals surface area contributed by atoms with Gasteiger partial charge in [0.25, 0.3) is 0 Å². The van der Waals surface area contributed by atoms with Crippen LogP contribution in [0.15, 0.2) is 23.4 Å². The van der Waals surface area contributed by atoms with Crippen LogP contribution in [-0.4, -0.2) is 26.3 Å². The third kappa shape index (κ3) is 3.07. The van der Waals surface area contributed by atoms with Gasteiger partial charge in [-0.05, 0) is 49.3 Å². The Morgan fingerprint density at radius 2 is 1.96 bits per heavy atom. The van der Waals surface area contributed by atoms with E-state index in [4.69, 9.17) is 0 Å². The molecule has 0 saturated heterocycles. The summed E-state index contributed by atoms with van der Waals surface area (Å²) in [5.74, 6) is 1.71. The van der Waals surface area contributed by atoms with Crippen LogP contribution < -0.4 is 0 Å². The fraction of sp³-hybridized carbons (Fsp3) is 0.500.